The van der Waals surface area contributed by atoms with Gasteiger partial charge in [0.15, 0.2) is 0 Å². The lowest BCUT2D eigenvalue weighted by Gasteiger charge is -2.27. The molecule has 1 aliphatic rings. The molecule has 5 heteroatoms. The molecule has 1 amide bonds. The minimum absolute atomic E-state index is 0. The van der Waals surface area contributed by atoms with E-state index in [1.807, 2.05) is 37.3 Å². The first-order valence-corrected chi connectivity index (χ1v) is 7.31. The van der Waals surface area contributed by atoms with Crippen molar-refractivity contribution in [3.8, 4) is 0 Å². The average Bonchev–Trinajstić information content (AvgIpc) is 2.88. The Labute approximate surface area is 132 Å². The molecule has 1 heterocycles. The van der Waals surface area contributed by atoms with Gasteiger partial charge in [0.25, 0.3) is 0 Å². The lowest BCUT2D eigenvalue weighted by Crippen LogP contribution is -2.54. The van der Waals surface area contributed by atoms with Gasteiger partial charge in [-0.3, -0.25) is 4.79 Å². The number of carbonyl (C=O) groups is 1. The van der Waals surface area contributed by atoms with Crippen LogP contribution in [0.4, 0.5) is 0 Å². The Hall–Kier alpha value is -1.10. The lowest BCUT2D eigenvalue weighted by molar-refractivity contribution is -0.127. The van der Waals surface area contributed by atoms with Gasteiger partial charge in [-0.1, -0.05) is 43.7 Å². The first-order chi connectivity index (χ1) is 9.54. The van der Waals surface area contributed by atoms with Gasteiger partial charge in [0.1, 0.15) is 6.10 Å². The molecule has 3 N–H and O–H groups in total. The third-order valence-electron chi connectivity index (χ3n) is 3.82. The van der Waals surface area contributed by atoms with Gasteiger partial charge >= 0.3 is 0 Å². The number of ether oxygens (including phenoxy) is 1. The van der Waals surface area contributed by atoms with Crippen molar-refractivity contribution in [1.29, 1.82) is 0 Å². The molecule has 3 atom stereocenters. The highest BCUT2D eigenvalue weighted by molar-refractivity contribution is 5.86. The van der Waals surface area contributed by atoms with Gasteiger partial charge in [-0.15, -0.1) is 12.4 Å². The van der Waals surface area contributed by atoms with Crippen molar-refractivity contribution in [2.45, 2.75) is 50.8 Å². The third-order valence-corrected chi connectivity index (χ3v) is 3.82. The summed E-state index contributed by atoms with van der Waals surface area (Å²) in [5.74, 6) is -0.0872. The molecule has 0 bridgehead atoms. The molecule has 0 radical (unpaired) electrons. The second kappa shape index (κ2) is 7.78. The fourth-order valence-corrected chi connectivity index (χ4v) is 2.67. The van der Waals surface area contributed by atoms with Crippen molar-refractivity contribution in [3.63, 3.8) is 0 Å². The molecule has 0 saturated carbocycles. The summed E-state index contributed by atoms with van der Waals surface area (Å²) < 4.78 is 5.77. The average molecular weight is 313 g/mol. The van der Waals surface area contributed by atoms with Gasteiger partial charge in [-0.05, 0) is 25.3 Å². The van der Waals surface area contributed by atoms with E-state index >= 15 is 0 Å². The normalized spacial score (nSPS) is 24.0. The Balaban J connectivity index is 0.00000220. The standard InChI is InChI=1S/C16H24N2O2.ClH/c1-3-10-16(2,17)15(19)18-13-9-11-20-14(13)12-7-5-4-6-8-12;/h4-8,13-14H,3,9-11,17H2,1-2H3,(H,18,19);1H. The van der Waals surface area contributed by atoms with Gasteiger partial charge in [-0.2, -0.15) is 0 Å². The third kappa shape index (κ3) is 4.43. The van der Waals surface area contributed by atoms with Gasteiger partial charge in [-0.25, -0.2) is 0 Å². The highest BCUT2D eigenvalue weighted by atomic mass is 35.5. The van der Waals surface area contributed by atoms with Crippen LogP contribution in [0.2, 0.25) is 0 Å². The lowest BCUT2D eigenvalue weighted by atomic mass is 9.95. The van der Waals surface area contributed by atoms with Crippen LogP contribution in [0.5, 0.6) is 0 Å². The SMILES string of the molecule is CCCC(C)(N)C(=O)NC1CCOC1c1ccccc1.Cl. The van der Waals surface area contributed by atoms with Crippen LogP contribution in [0.25, 0.3) is 0 Å². The summed E-state index contributed by atoms with van der Waals surface area (Å²) in [6.07, 6.45) is 2.33. The van der Waals surface area contributed by atoms with Crippen LogP contribution in [0.3, 0.4) is 0 Å². The van der Waals surface area contributed by atoms with E-state index in [0.29, 0.717) is 13.0 Å². The van der Waals surface area contributed by atoms with E-state index in [9.17, 15) is 4.79 Å². The van der Waals surface area contributed by atoms with E-state index in [4.69, 9.17) is 10.5 Å². The second-order valence-corrected chi connectivity index (χ2v) is 5.74. The maximum absolute atomic E-state index is 12.3. The minimum atomic E-state index is -0.807. The van der Waals surface area contributed by atoms with Crippen LogP contribution in [0.1, 0.15) is 44.8 Å². The Kier molecular flexibility index (Phi) is 6.65. The first kappa shape index (κ1) is 18.0. The van der Waals surface area contributed by atoms with Gasteiger partial charge in [0, 0.05) is 6.61 Å². The summed E-state index contributed by atoms with van der Waals surface area (Å²) in [5.41, 5.74) is 6.37. The Morgan fingerprint density at radius 3 is 2.71 bits per heavy atom. The molecular weight excluding hydrogens is 288 g/mol. The summed E-state index contributed by atoms with van der Waals surface area (Å²) in [6.45, 7) is 4.49. The molecule has 0 aromatic heterocycles. The van der Waals surface area contributed by atoms with Crippen molar-refractivity contribution < 1.29 is 9.53 Å². The number of hydrogen-bond acceptors (Lipinski definition) is 3. The number of nitrogens with two attached hydrogens (primary N) is 1. The van der Waals surface area contributed by atoms with Crippen LogP contribution in [0, 0.1) is 0 Å². The predicted molar refractivity (Wildman–Crippen MR) is 86.4 cm³/mol. The van der Waals surface area contributed by atoms with Crippen LogP contribution in [-0.2, 0) is 9.53 Å². The number of hydrogen-bond donors (Lipinski definition) is 2. The molecule has 21 heavy (non-hydrogen) atoms. The van der Waals surface area contributed by atoms with Crippen molar-refractivity contribution >= 4 is 18.3 Å². The topological polar surface area (TPSA) is 64.4 Å². The first-order valence-electron chi connectivity index (χ1n) is 7.31. The summed E-state index contributed by atoms with van der Waals surface area (Å²) >= 11 is 0. The zero-order chi connectivity index (χ0) is 14.6. The van der Waals surface area contributed by atoms with Gasteiger partial charge in [0.2, 0.25) is 5.91 Å². The van der Waals surface area contributed by atoms with Crippen LogP contribution < -0.4 is 11.1 Å². The molecule has 118 valence electrons. The van der Waals surface area contributed by atoms with Crippen LogP contribution in [-0.4, -0.2) is 24.1 Å². The number of halogens is 1. The number of amides is 1. The number of nitrogens with one attached hydrogen (secondary N) is 1. The van der Waals surface area contributed by atoms with Gasteiger partial charge in [0.05, 0.1) is 11.6 Å². The van der Waals surface area contributed by atoms with Crippen molar-refractivity contribution in [3.05, 3.63) is 35.9 Å². The van der Waals surface area contributed by atoms with E-state index in [-0.39, 0.29) is 30.5 Å². The molecule has 4 nitrogen and oxygen atoms in total. The van der Waals surface area contributed by atoms with Crippen LogP contribution >= 0.6 is 12.4 Å². The maximum Gasteiger partial charge on any atom is 0.240 e. The Morgan fingerprint density at radius 2 is 2.10 bits per heavy atom. The fourth-order valence-electron chi connectivity index (χ4n) is 2.67. The Morgan fingerprint density at radius 1 is 1.43 bits per heavy atom. The summed E-state index contributed by atoms with van der Waals surface area (Å²) in [6, 6.07) is 10.0. The van der Waals surface area contributed by atoms with Crippen molar-refractivity contribution in [2.75, 3.05) is 6.61 Å². The molecule has 0 spiro atoms. The molecule has 2 rings (SSSR count). The zero-order valence-electron chi connectivity index (χ0n) is 12.7. The Bertz CT molecular complexity index is 451. The van der Waals surface area contributed by atoms with Crippen LogP contribution in [0.15, 0.2) is 30.3 Å². The highest BCUT2D eigenvalue weighted by Gasteiger charge is 2.35. The summed E-state index contributed by atoms with van der Waals surface area (Å²) in [7, 11) is 0. The summed E-state index contributed by atoms with van der Waals surface area (Å²) in [4.78, 5) is 12.3. The molecule has 1 aliphatic heterocycles. The molecule has 1 fully saturated rings. The molecule has 3 unspecified atom stereocenters. The van der Waals surface area contributed by atoms with E-state index in [1.165, 1.54) is 0 Å². The molecular formula is C16H25ClN2O2. The largest absolute Gasteiger partial charge is 0.371 e. The van der Waals surface area contributed by atoms with Crippen molar-refractivity contribution in [2.24, 2.45) is 5.73 Å². The van der Waals surface area contributed by atoms with Crippen molar-refractivity contribution in [1.82, 2.24) is 5.32 Å². The molecule has 0 aliphatic carbocycles. The van der Waals surface area contributed by atoms with E-state index in [1.54, 1.807) is 6.92 Å². The number of benzene rings is 1. The quantitative estimate of drug-likeness (QED) is 0.878. The summed E-state index contributed by atoms with van der Waals surface area (Å²) in [5, 5.41) is 3.06. The number of carbonyl (C=O) groups excluding carboxylic acids is 1. The van der Waals surface area contributed by atoms with E-state index < -0.39 is 5.54 Å². The fraction of sp³-hybridized carbons (Fsp3) is 0.562. The van der Waals surface area contributed by atoms with E-state index in [2.05, 4.69) is 5.32 Å². The second-order valence-electron chi connectivity index (χ2n) is 5.74. The predicted octanol–water partition coefficient (Wildman–Crippen LogP) is 2.57. The smallest absolute Gasteiger partial charge is 0.240 e. The highest BCUT2D eigenvalue weighted by Crippen LogP contribution is 2.29. The minimum Gasteiger partial charge on any atom is -0.371 e. The molecule has 1 aromatic rings. The van der Waals surface area contributed by atoms with Gasteiger partial charge < -0.3 is 15.8 Å². The number of rotatable bonds is 5. The van der Waals surface area contributed by atoms with E-state index in [0.717, 1.165) is 18.4 Å². The molecule has 1 aromatic carbocycles. The zero-order valence-corrected chi connectivity index (χ0v) is 13.5. The monoisotopic (exact) mass is 312 g/mol. The maximum atomic E-state index is 12.3. The molecule has 1 saturated heterocycles.